The summed E-state index contributed by atoms with van der Waals surface area (Å²) in [5.41, 5.74) is 2.92. The first kappa shape index (κ1) is 26.5. The van der Waals surface area contributed by atoms with E-state index >= 15 is 0 Å². The van der Waals surface area contributed by atoms with Crippen LogP contribution >= 0.6 is 11.8 Å². The topological polar surface area (TPSA) is 135 Å². The summed E-state index contributed by atoms with van der Waals surface area (Å²) >= 11 is 0.998. The molecule has 0 fully saturated rings. The number of hydrogen-bond acceptors (Lipinski definition) is 8. The highest BCUT2D eigenvalue weighted by molar-refractivity contribution is 8.03. The van der Waals surface area contributed by atoms with E-state index in [-0.39, 0.29) is 27.8 Å². The summed E-state index contributed by atoms with van der Waals surface area (Å²) in [6, 6.07) is 15.9. The highest BCUT2D eigenvalue weighted by Crippen LogP contribution is 2.40. The fraction of sp³-hybridized carbons (Fsp3) is 0.269. The van der Waals surface area contributed by atoms with E-state index in [1.54, 1.807) is 12.1 Å². The molecule has 2 N–H and O–H groups in total. The van der Waals surface area contributed by atoms with Crippen molar-refractivity contribution in [2.45, 2.75) is 19.4 Å². The third-order valence-corrected chi connectivity index (χ3v) is 6.65. The number of nitrogens with one attached hydrogen (secondary N) is 2. The molecule has 2 amide bonds. The number of aryl methyl sites for hydroxylation is 1. The number of amides is 2. The molecule has 1 heterocycles. The van der Waals surface area contributed by atoms with Gasteiger partial charge in [0.1, 0.15) is 5.92 Å². The van der Waals surface area contributed by atoms with Crippen LogP contribution in [0.15, 0.2) is 59.1 Å². The lowest BCUT2D eigenvalue weighted by Gasteiger charge is -2.31. The van der Waals surface area contributed by atoms with Crippen LogP contribution in [0.1, 0.15) is 33.0 Å². The van der Waals surface area contributed by atoms with Gasteiger partial charge in [-0.2, -0.15) is 5.26 Å². The fourth-order valence-electron chi connectivity index (χ4n) is 3.72. The van der Waals surface area contributed by atoms with Gasteiger partial charge in [-0.25, -0.2) is 4.79 Å². The van der Waals surface area contributed by atoms with E-state index < -0.39 is 29.7 Å². The average Bonchev–Trinajstić information content (AvgIpc) is 2.90. The molecule has 0 aromatic heterocycles. The highest BCUT2D eigenvalue weighted by atomic mass is 32.2. The molecule has 2 atom stereocenters. The van der Waals surface area contributed by atoms with E-state index in [1.165, 1.54) is 19.2 Å². The number of methoxy groups -OCH3 is 2. The molecule has 0 saturated carbocycles. The summed E-state index contributed by atoms with van der Waals surface area (Å²) in [5.74, 6) is -4.60. The van der Waals surface area contributed by atoms with Crippen molar-refractivity contribution >= 4 is 35.5 Å². The quantitative estimate of drug-likeness (QED) is 0.411. The molecule has 10 heteroatoms. The van der Waals surface area contributed by atoms with Gasteiger partial charge in [-0.05, 0) is 30.2 Å². The molecule has 36 heavy (non-hydrogen) atoms. The molecule has 1 aliphatic heterocycles. The van der Waals surface area contributed by atoms with Crippen molar-refractivity contribution in [3.05, 3.63) is 81.4 Å². The fourth-order valence-corrected chi connectivity index (χ4v) is 4.60. The van der Waals surface area contributed by atoms with Gasteiger partial charge in [-0.1, -0.05) is 53.7 Å². The van der Waals surface area contributed by atoms with Crippen LogP contribution in [0.25, 0.3) is 0 Å². The molecule has 0 spiro atoms. The predicted molar refractivity (Wildman–Crippen MR) is 132 cm³/mol. The molecule has 186 valence electrons. The lowest BCUT2D eigenvalue weighted by Crippen LogP contribution is -2.44. The van der Waals surface area contributed by atoms with Crippen LogP contribution in [0.5, 0.6) is 0 Å². The van der Waals surface area contributed by atoms with Gasteiger partial charge in [-0.15, -0.1) is 0 Å². The number of carbonyl (C=O) groups excluding carboxylic acids is 4. The number of ether oxygens (including phenoxy) is 2. The smallest absolute Gasteiger partial charge is 0.337 e. The normalized spacial score (nSPS) is 17.0. The molecule has 9 nitrogen and oxygen atoms in total. The molecular formula is C26H25N3O6S. The molecule has 2 aromatic carbocycles. The van der Waals surface area contributed by atoms with Crippen molar-refractivity contribution in [1.29, 1.82) is 5.26 Å². The van der Waals surface area contributed by atoms with Gasteiger partial charge in [0.2, 0.25) is 11.8 Å². The maximum Gasteiger partial charge on any atom is 0.337 e. The number of carbonyl (C=O) groups is 4. The van der Waals surface area contributed by atoms with Gasteiger partial charge in [-0.3, -0.25) is 14.4 Å². The number of esters is 2. The Morgan fingerprint density at radius 3 is 2.31 bits per heavy atom. The second-order valence-corrected chi connectivity index (χ2v) is 8.97. The molecule has 0 radical (unpaired) electrons. The average molecular weight is 508 g/mol. The maximum atomic E-state index is 12.9. The van der Waals surface area contributed by atoms with Crippen molar-refractivity contribution in [3.63, 3.8) is 0 Å². The van der Waals surface area contributed by atoms with Gasteiger partial charge in [0.25, 0.3) is 0 Å². The van der Waals surface area contributed by atoms with E-state index in [1.807, 2.05) is 31.2 Å². The molecule has 2 aromatic rings. The molecule has 0 unspecified atom stereocenters. The zero-order valence-corrected chi connectivity index (χ0v) is 20.8. The standard InChI is InChI=1S/C26H25N3O6S/c1-15-4-6-16(7-5-15)13-28-20(30)14-36-24-19(12-27)21(22(23(31)29-24)26(33)35-3)17-8-10-18(11-9-17)25(32)34-2/h4-11,21-22H,13-14H2,1-3H3,(H,28,30)(H,29,31)/t21-,22-/m1/s1. The zero-order chi connectivity index (χ0) is 26.2. The van der Waals surface area contributed by atoms with Crippen molar-refractivity contribution in [1.82, 2.24) is 10.6 Å². The predicted octanol–water partition coefficient (Wildman–Crippen LogP) is 2.57. The SMILES string of the molecule is COC(=O)c1ccc([C@@H]2C(C#N)=C(SCC(=O)NCc3ccc(C)cc3)NC(=O)[C@@H]2C(=O)OC)cc1. The Labute approximate surface area is 212 Å². The highest BCUT2D eigenvalue weighted by Gasteiger charge is 2.44. The maximum absolute atomic E-state index is 12.9. The Morgan fingerprint density at radius 2 is 1.72 bits per heavy atom. The van der Waals surface area contributed by atoms with Crippen LogP contribution in [0, 0.1) is 24.2 Å². The van der Waals surface area contributed by atoms with E-state index in [2.05, 4.69) is 16.7 Å². The van der Waals surface area contributed by atoms with Gasteiger partial charge >= 0.3 is 11.9 Å². The number of benzene rings is 2. The number of allylic oxidation sites excluding steroid dienone is 1. The lowest BCUT2D eigenvalue weighted by molar-refractivity contribution is -0.150. The minimum atomic E-state index is -1.31. The molecule has 0 aliphatic carbocycles. The first-order valence-corrected chi connectivity index (χ1v) is 11.9. The third kappa shape index (κ3) is 6.12. The van der Waals surface area contributed by atoms with Crippen LogP contribution in [0.2, 0.25) is 0 Å². The monoisotopic (exact) mass is 507 g/mol. The Morgan fingerprint density at radius 1 is 1.06 bits per heavy atom. The minimum Gasteiger partial charge on any atom is -0.468 e. The Bertz CT molecular complexity index is 1230. The van der Waals surface area contributed by atoms with Crippen molar-refractivity contribution < 1.29 is 28.7 Å². The number of thioether (sulfide) groups is 1. The van der Waals surface area contributed by atoms with E-state index in [9.17, 15) is 24.4 Å². The van der Waals surface area contributed by atoms with Crippen LogP contribution in [-0.2, 0) is 30.4 Å². The summed E-state index contributed by atoms with van der Waals surface area (Å²) in [5, 5.41) is 15.6. The second kappa shape index (κ2) is 12.0. The first-order valence-electron chi connectivity index (χ1n) is 10.9. The molecule has 0 bridgehead atoms. The van der Waals surface area contributed by atoms with Crippen molar-refractivity contribution in [3.8, 4) is 6.07 Å². The van der Waals surface area contributed by atoms with Crippen LogP contribution in [0.4, 0.5) is 0 Å². The summed E-state index contributed by atoms with van der Waals surface area (Å²) < 4.78 is 9.52. The molecule has 3 rings (SSSR count). The lowest BCUT2D eigenvalue weighted by atomic mass is 9.78. The van der Waals surface area contributed by atoms with E-state index in [4.69, 9.17) is 9.47 Å². The van der Waals surface area contributed by atoms with Crippen LogP contribution in [0.3, 0.4) is 0 Å². The molecular weight excluding hydrogens is 482 g/mol. The van der Waals surface area contributed by atoms with Gasteiger partial charge in [0.05, 0.1) is 42.2 Å². The number of hydrogen-bond donors (Lipinski definition) is 2. The van der Waals surface area contributed by atoms with Gasteiger partial charge in [0, 0.05) is 12.5 Å². The molecule has 1 aliphatic rings. The number of nitrogens with zero attached hydrogens (tertiary/aromatic N) is 1. The first-order chi connectivity index (χ1) is 17.3. The van der Waals surface area contributed by atoms with Crippen LogP contribution in [-0.4, -0.2) is 43.7 Å². The molecule has 0 saturated heterocycles. The van der Waals surface area contributed by atoms with Crippen molar-refractivity contribution in [2.75, 3.05) is 20.0 Å². The summed E-state index contributed by atoms with van der Waals surface area (Å²) in [6.07, 6.45) is 0. The number of nitriles is 1. The summed E-state index contributed by atoms with van der Waals surface area (Å²) in [7, 11) is 2.41. The van der Waals surface area contributed by atoms with Gasteiger partial charge < -0.3 is 20.1 Å². The van der Waals surface area contributed by atoms with Crippen LogP contribution < -0.4 is 10.6 Å². The summed E-state index contributed by atoms with van der Waals surface area (Å²) in [4.78, 5) is 49.6. The largest absolute Gasteiger partial charge is 0.468 e. The van der Waals surface area contributed by atoms with E-state index in [0.29, 0.717) is 12.1 Å². The Hall–Kier alpha value is -4.10. The zero-order valence-electron chi connectivity index (χ0n) is 20.0. The Kier molecular flexibility index (Phi) is 8.86. The second-order valence-electron chi connectivity index (χ2n) is 7.99. The minimum absolute atomic E-state index is 0.0520. The van der Waals surface area contributed by atoms with Gasteiger partial charge in [0.15, 0.2) is 0 Å². The Balaban J connectivity index is 1.83. The van der Waals surface area contributed by atoms with Crippen molar-refractivity contribution in [2.24, 2.45) is 5.92 Å². The third-order valence-electron chi connectivity index (χ3n) is 5.63. The summed E-state index contributed by atoms with van der Waals surface area (Å²) in [6.45, 7) is 2.32. The number of rotatable bonds is 8. The van der Waals surface area contributed by atoms with E-state index in [0.717, 1.165) is 30.0 Å².